The Morgan fingerprint density at radius 3 is 2.32 bits per heavy atom. The standard InChI is InChI=1S/C19H32N4O4S/c1-5-20-17(22-13-14-23-18(24)27-19(2,3)4)21-12-9-15-28(25,26)16-10-7-6-8-11-16/h6-8,10-11H,5,9,12-15H2,1-4H3,(H,23,24)(H2,20,21,22). The van der Waals surface area contributed by atoms with E-state index in [1.165, 1.54) is 0 Å². The van der Waals surface area contributed by atoms with E-state index < -0.39 is 21.5 Å². The molecule has 0 heterocycles. The number of carbonyl (C=O) groups excluding carboxylic acids is 1. The smallest absolute Gasteiger partial charge is 0.407 e. The molecule has 0 fully saturated rings. The lowest BCUT2D eigenvalue weighted by Crippen LogP contribution is -2.42. The number of rotatable bonds is 9. The lowest BCUT2D eigenvalue weighted by molar-refractivity contribution is 0.0529. The van der Waals surface area contributed by atoms with Gasteiger partial charge in [-0.3, -0.25) is 4.99 Å². The van der Waals surface area contributed by atoms with Gasteiger partial charge >= 0.3 is 6.09 Å². The minimum atomic E-state index is -3.29. The predicted octanol–water partition coefficient (Wildman–Crippen LogP) is 1.93. The van der Waals surface area contributed by atoms with Crippen LogP contribution in [0, 0.1) is 0 Å². The van der Waals surface area contributed by atoms with Crippen LogP contribution in [0.3, 0.4) is 0 Å². The van der Waals surface area contributed by atoms with Crippen LogP contribution < -0.4 is 16.0 Å². The van der Waals surface area contributed by atoms with Crippen LogP contribution in [0.2, 0.25) is 0 Å². The number of sulfone groups is 1. The third-order valence-electron chi connectivity index (χ3n) is 3.37. The number of hydrogen-bond acceptors (Lipinski definition) is 5. The lowest BCUT2D eigenvalue weighted by atomic mass is 10.2. The molecule has 1 amide bonds. The van der Waals surface area contributed by atoms with E-state index in [1.54, 1.807) is 51.1 Å². The summed E-state index contributed by atoms with van der Waals surface area (Å²) in [5.74, 6) is 0.616. The molecule has 0 radical (unpaired) electrons. The number of alkyl carbamates (subject to hydrolysis) is 1. The summed E-state index contributed by atoms with van der Waals surface area (Å²) >= 11 is 0. The second kappa shape index (κ2) is 11.5. The first-order chi connectivity index (χ1) is 13.1. The minimum absolute atomic E-state index is 0.0418. The molecule has 0 aliphatic carbocycles. The number of ether oxygens (including phenoxy) is 1. The molecule has 0 saturated heterocycles. The number of nitrogens with zero attached hydrogens (tertiary/aromatic N) is 1. The van der Waals surface area contributed by atoms with Crippen LogP contribution in [0.4, 0.5) is 4.79 Å². The third-order valence-corrected chi connectivity index (χ3v) is 5.19. The van der Waals surface area contributed by atoms with E-state index in [2.05, 4.69) is 20.9 Å². The van der Waals surface area contributed by atoms with Crippen LogP contribution in [0.5, 0.6) is 0 Å². The van der Waals surface area contributed by atoms with Crippen molar-refractivity contribution in [3.05, 3.63) is 30.3 Å². The van der Waals surface area contributed by atoms with Crippen molar-refractivity contribution >= 4 is 21.9 Å². The zero-order chi connectivity index (χ0) is 21.0. The quantitative estimate of drug-likeness (QED) is 0.325. The highest BCUT2D eigenvalue weighted by atomic mass is 32.2. The maximum atomic E-state index is 12.2. The van der Waals surface area contributed by atoms with Crippen molar-refractivity contribution in [3.8, 4) is 0 Å². The summed E-state index contributed by atoms with van der Waals surface area (Å²) in [7, 11) is -3.29. The van der Waals surface area contributed by atoms with Gasteiger partial charge in [0.1, 0.15) is 5.60 Å². The Labute approximate surface area is 168 Å². The number of aliphatic imine (C=N–C) groups is 1. The number of amides is 1. The average Bonchev–Trinajstić information content (AvgIpc) is 2.61. The van der Waals surface area contributed by atoms with Gasteiger partial charge in [-0.2, -0.15) is 0 Å². The van der Waals surface area contributed by atoms with E-state index in [0.29, 0.717) is 43.5 Å². The van der Waals surface area contributed by atoms with Crippen LogP contribution in [0.1, 0.15) is 34.1 Å². The molecule has 9 heteroatoms. The monoisotopic (exact) mass is 412 g/mol. The molecular formula is C19H32N4O4S. The van der Waals surface area contributed by atoms with Gasteiger partial charge in [0.05, 0.1) is 10.6 Å². The Morgan fingerprint density at radius 1 is 1.07 bits per heavy atom. The molecule has 0 aromatic heterocycles. The van der Waals surface area contributed by atoms with Crippen LogP contribution in [-0.4, -0.2) is 58.0 Å². The fraction of sp³-hybridized carbons (Fsp3) is 0.579. The van der Waals surface area contributed by atoms with E-state index in [-0.39, 0.29) is 5.75 Å². The first kappa shape index (κ1) is 23.7. The molecule has 158 valence electrons. The maximum absolute atomic E-state index is 12.2. The molecular weight excluding hydrogens is 380 g/mol. The van der Waals surface area contributed by atoms with E-state index >= 15 is 0 Å². The first-order valence-electron chi connectivity index (χ1n) is 9.41. The van der Waals surface area contributed by atoms with Gasteiger partial charge in [-0.1, -0.05) is 18.2 Å². The van der Waals surface area contributed by atoms with Gasteiger partial charge in [0.25, 0.3) is 0 Å². The second-order valence-corrected chi connectivity index (χ2v) is 9.21. The van der Waals surface area contributed by atoms with Gasteiger partial charge in [0.15, 0.2) is 15.8 Å². The fourth-order valence-electron chi connectivity index (χ4n) is 2.19. The van der Waals surface area contributed by atoms with Gasteiger partial charge in [-0.05, 0) is 46.2 Å². The van der Waals surface area contributed by atoms with Crippen molar-refractivity contribution in [1.29, 1.82) is 0 Å². The zero-order valence-electron chi connectivity index (χ0n) is 17.1. The largest absolute Gasteiger partial charge is 0.444 e. The summed E-state index contributed by atoms with van der Waals surface area (Å²) in [5.41, 5.74) is -0.534. The molecule has 0 spiro atoms. The summed E-state index contributed by atoms with van der Waals surface area (Å²) < 4.78 is 29.6. The molecule has 3 N–H and O–H groups in total. The number of carbonyl (C=O) groups is 1. The number of hydrogen-bond donors (Lipinski definition) is 3. The van der Waals surface area contributed by atoms with Crippen molar-refractivity contribution in [2.24, 2.45) is 4.99 Å². The molecule has 0 aliphatic rings. The highest BCUT2D eigenvalue weighted by molar-refractivity contribution is 7.91. The Bertz CT molecular complexity index is 728. The van der Waals surface area contributed by atoms with Crippen molar-refractivity contribution in [2.75, 3.05) is 31.9 Å². The van der Waals surface area contributed by atoms with Crippen LogP contribution in [-0.2, 0) is 14.6 Å². The molecule has 0 saturated carbocycles. The Hall–Kier alpha value is -2.29. The summed E-state index contributed by atoms with van der Waals surface area (Å²) in [6.45, 7) is 9.25. The van der Waals surface area contributed by atoms with E-state index in [0.717, 1.165) is 0 Å². The Morgan fingerprint density at radius 2 is 1.71 bits per heavy atom. The summed E-state index contributed by atoms with van der Waals surface area (Å²) in [4.78, 5) is 16.3. The average molecular weight is 413 g/mol. The SMILES string of the molecule is CCNC(=NCCCS(=O)(=O)c1ccccc1)NCCNC(=O)OC(C)(C)C. The fourth-order valence-corrected chi connectivity index (χ4v) is 3.51. The van der Waals surface area contributed by atoms with Gasteiger partial charge < -0.3 is 20.7 Å². The van der Waals surface area contributed by atoms with Crippen molar-refractivity contribution in [2.45, 2.75) is 44.6 Å². The van der Waals surface area contributed by atoms with Crippen LogP contribution in [0.15, 0.2) is 40.2 Å². The van der Waals surface area contributed by atoms with E-state index in [4.69, 9.17) is 4.74 Å². The van der Waals surface area contributed by atoms with Gasteiger partial charge in [0, 0.05) is 26.2 Å². The molecule has 0 bridgehead atoms. The van der Waals surface area contributed by atoms with Gasteiger partial charge in [-0.15, -0.1) is 0 Å². The molecule has 1 rings (SSSR count). The second-order valence-electron chi connectivity index (χ2n) is 7.10. The highest BCUT2D eigenvalue weighted by Crippen LogP contribution is 2.11. The maximum Gasteiger partial charge on any atom is 0.407 e. The Balaban J connectivity index is 2.38. The normalized spacial score (nSPS) is 12.4. The van der Waals surface area contributed by atoms with Crippen molar-refractivity contribution < 1.29 is 17.9 Å². The highest BCUT2D eigenvalue weighted by Gasteiger charge is 2.15. The summed E-state index contributed by atoms with van der Waals surface area (Å²) in [5, 5.41) is 8.83. The predicted molar refractivity (Wildman–Crippen MR) is 111 cm³/mol. The summed E-state index contributed by atoms with van der Waals surface area (Å²) in [6, 6.07) is 8.41. The zero-order valence-corrected chi connectivity index (χ0v) is 17.9. The first-order valence-corrected chi connectivity index (χ1v) is 11.1. The molecule has 8 nitrogen and oxygen atoms in total. The summed E-state index contributed by atoms with van der Waals surface area (Å²) in [6.07, 6.45) is -0.0494. The van der Waals surface area contributed by atoms with Crippen LogP contribution >= 0.6 is 0 Å². The van der Waals surface area contributed by atoms with Crippen molar-refractivity contribution in [3.63, 3.8) is 0 Å². The third kappa shape index (κ3) is 10.1. The molecule has 0 unspecified atom stereocenters. The molecule has 0 atom stereocenters. The van der Waals surface area contributed by atoms with Crippen LogP contribution in [0.25, 0.3) is 0 Å². The van der Waals surface area contributed by atoms with E-state index in [9.17, 15) is 13.2 Å². The number of guanidine groups is 1. The van der Waals surface area contributed by atoms with E-state index in [1.807, 2.05) is 6.92 Å². The topological polar surface area (TPSA) is 109 Å². The van der Waals surface area contributed by atoms with Gasteiger partial charge in [0.2, 0.25) is 0 Å². The molecule has 1 aromatic carbocycles. The minimum Gasteiger partial charge on any atom is -0.444 e. The molecule has 0 aliphatic heterocycles. The Kier molecular flexibility index (Phi) is 9.78. The lowest BCUT2D eigenvalue weighted by Gasteiger charge is -2.19. The van der Waals surface area contributed by atoms with Gasteiger partial charge in [-0.25, -0.2) is 13.2 Å². The number of benzene rings is 1. The van der Waals surface area contributed by atoms with Crippen molar-refractivity contribution in [1.82, 2.24) is 16.0 Å². The number of nitrogens with one attached hydrogen (secondary N) is 3. The molecule has 28 heavy (non-hydrogen) atoms. The molecule has 1 aromatic rings.